The lowest BCUT2D eigenvalue weighted by atomic mass is 10.0. The van der Waals surface area contributed by atoms with Crippen molar-refractivity contribution in [1.82, 2.24) is 14.6 Å². The van der Waals surface area contributed by atoms with E-state index in [1.807, 2.05) is 0 Å². The quantitative estimate of drug-likeness (QED) is 0.623. The van der Waals surface area contributed by atoms with Crippen molar-refractivity contribution in [3.05, 3.63) is 59.0 Å². The second-order valence-electron chi connectivity index (χ2n) is 5.64. The molecule has 9 heteroatoms. The zero-order chi connectivity index (χ0) is 19.1. The number of hydrogen-bond donors (Lipinski definition) is 0. The molecule has 0 fully saturated rings. The summed E-state index contributed by atoms with van der Waals surface area (Å²) in [5.41, 5.74) is -1.56. The fourth-order valence-corrected chi connectivity index (χ4v) is 2.71. The molecule has 3 aromatic rings. The Hall–Kier alpha value is -2.71. The molecule has 0 aliphatic heterocycles. The summed E-state index contributed by atoms with van der Waals surface area (Å²) in [7, 11) is 0. The molecular formula is C17H14F5N3O. The first-order chi connectivity index (χ1) is 12.2. The number of aromatic nitrogens is 3. The Morgan fingerprint density at radius 2 is 1.88 bits per heavy atom. The van der Waals surface area contributed by atoms with Crippen molar-refractivity contribution in [3.8, 4) is 5.75 Å². The summed E-state index contributed by atoms with van der Waals surface area (Å²) in [5, 5.41) is 7.42. The fraction of sp³-hybridized carbons (Fsp3) is 0.294. The Bertz CT molecular complexity index is 951. The highest BCUT2D eigenvalue weighted by Gasteiger charge is 2.39. The molecule has 0 N–H and O–H groups in total. The largest absolute Gasteiger partial charge is 0.483 e. The lowest BCUT2D eigenvalue weighted by Gasteiger charge is -2.20. The van der Waals surface area contributed by atoms with Gasteiger partial charge in [-0.3, -0.25) is 4.40 Å². The maximum Gasteiger partial charge on any atom is 0.420 e. The normalized spacial score (nSPS) is 13.2. The van der Waals surface area contributed by atoms with Crippen molar-refractivity contribution < 1.29 is 26.7 Å². The van der Waals surface area contributed by atoms with E-state index in [1.165, 1.54) is 23.6 Å². The van der Waals surface area contributed by atoms with Gasteiger partial charge in [0.1, 0.15) is 23.3 Å². The lowest BCUT2D eigenvalue weighted by Crippen LogP contribution is -2.16. The van der Waals surface area contributed by atoms with E-state index in [0.717, 1.165) is 12.1 Å². The number of halogens is 5. The van der Waals surface area contributed by atoms with Gasteiger partial charge in [0, 0.05) is 24.2 Å². The van der Waals surface area contributed by atoms with E-state index < -0.39 is 29.5 Å². The summed E-state index contributed by atoms with van der Waals surface area (Å²) in [4.78, 5) is 0. The number of benzene rings is 1. The average Bonchev–Trinajstić information content (AvgIpc) is 2.98. The number of ether oxygens (including phenoxy) is 1. The standard InChI is InChI=1S/C17H14F5N3O/c1-3-14-23-24-16-15(17(20,21)22)11(6-7-25(14)16)9(2)26-13-5-4-10(18)8-12(13)19/h4-9H,3H2,1-2H3/t9-/m1/s1. The molecule has 0 saturated heterocycles. The van der Waals surface area contributed by atoms with E-state index in [4.69, 9.17) is 4.74 Å². The minimum Gasteiger partial charge on any atom is -0.483 e. The highest BCUT2D eigenvalue weighted by molar-refractivity contribution is 5.54. The minimum atomic E-state index is -4.71. The van der Waals surface area contributed by atoms with E-state index in [9.17, 15) is 22.0 Å². The van der Waals surface area contributed by atoms with Gasteiger partial charge in [-0.05, 0) is 25.1 Å². The van der Waals surface area contributed by atoms with Gasteiger partial charge in [-0.25, -0.2) is 8.78 Å². The van der Waals surface area contributed by atoms with Crippen LogP contribution in [0, 0.1) is 11.6 Å². The van der Waals surface area contributed by atoms with Gasteiger partial charge in [-0.15, -0.1) is 10.2 Å². The number of hydrogen-bond acceptors (Lipinski definition) is 3. The Balaban J connectivity index is 2.08. The average molecular weight is 371 g/mol. The second-order valence-corrected chi connectivity index (χ2v) is 5.64. The Morgan fingerprint density at radius 3 is 2.50 bits per heavy atom. The van der Waals surface area contributed by atoms with Gasteiger partial charge in [-0.1, -0.05) is 6.92 Å². The molecule has 2 aromatic heterocycles. The highest BCUT2D eigenvalue weighted by Crippen LogP contribution is 2.38. The van der Waals surface area contributed by atoms with E-state index in [2.05, 4.69) is 10.2 Å². The summed E-state index contributed by atoms with van der Waals surface area (Å²) < 4.78 is 74.3. The maximum absolute atomic E-state index is 13.7. The predicted molar refractivity (Wildman–Crippen MR) is 82.8 cm³/mol. The third kappa shape index (κ3) is 3.21. The maximum atomic E-state index is 13.7. The molecule has 0 radical (unpaired) electrons. The lowest BCUT2D eigenvalue weighted by molar-refractivity contribution is -0.138. The Morgan fingerprint density at radius 1 is 1.15 bits per heavy atom. The molecule has 4 nitrogen and oxygen atoms in total. The zero-order valence-electron chi connectivity index (χ0n) is 13.8. The van der Waals surface area contributed by atoms with Crippen molar-refractivity contribution in [1.29, 1.82) is 0 Å². The number of fused-ring (bicyclic) bond motifs is 1. The number of nitrogens with zero attached hydrogens (tertiary/aromatic N) is 3. The molecule has 1 aromatic carbocycles. The molecule has 0 spiro atoms. The Labute approximate surface area is 145 Å². The van der Waals surface area contributed by atoms with Gasteiger partial charge in [0.25, 0.3) is 0 Å². The molecule has 0 bridgehead atoms. The van der Waals surface area contributed by atoms with Crippen LogP contribution in [-0.4, -0.2) is 14.6 Å². The SMILES string of the molecule is CCc1nnc2c(C(F)(F)F)c([C@@H](C)Oc3ccc(F)cc3F)ccn12. The van der Waals surface area contributed by atoms with Gasteiger partial charge in [0.15, 0.2) is 17.2 Å². The van der Waals surface area contributed by atoms with E-state index in [-0.39, 0.29) is 17.0 Å². The van der Waals surface area contributed by atoms with Crippen molar-refractivity contribution in [2.45, 2.75) is 32.5 Å². The van der Waals surface area contributed by atoms with Crippen LogP contribution in [0.15, 0.2) is 30.5 Å². The molecular weight excluding hydrogens is 357 g/mol. The summed E-state index contributed by atoms with van der Waals surface area (Å²) >= 11 is 0. The summed E-state index contributed by atoms with van der Waals surface area (Å²) in [6.07, 6.45) is -4.04. The molecule has 0 aliphatic carbocycles. The van der Waals surface area contributed by atoms with Crippen molar-refractivity contribution in [3.63, 3.8) is 0 Å². The molecule has 138 valence electrons. The molecule has 2 heterocycles. The number of alkyl halides is 3. The van der Waals surface area contributed by atoms with Crippen LogP contribution in [-0.2, 0) is 12.6 Å². The van der Waals surface area contributed by atoms with Crippen molar-refractivity contribution in [2.24, 2.45) is 0 Å². The summed E-state index contributed by atoms with van der Waals surface area (Å²) in [5.74, 6) is -1.77. The molecule has 0 amide bonds. The van der Waals surface area contributed by atoms with Crippen LogP contribution in [0.1, 0.15) is 36.9 Å². The van der Waals surface area contributed by atoms with Crippen LogP contribution < -0.4 is 4.74 Å². The second kappa shape index (κ2) is 6.54. The summed E-state index contributed by atoms with van der Waals surface area (Å²) in [6.45, 7) is 3.10. The van der Waals surface area contributed by atoms with Gasteiger partial charge in [0.05, 0.1) is 0 Å². The van der Waals surface area contributed by atoms with Crippen molar-refractivity contribution >= 4 is 5.65 Å². The highest BCUT2D eigenvalue weighted by atomic mass is 19.4. The first kappa shape index (κ1) is 18.1. The van der Waals surface area contributed by atoms with Crippen LogP contribution in [0.5, 0.6) is 5.75 Å². The first-order valence-corrected chi connectivity index (χ1v) is 7.77. The van der Waals surface area contributed by atoms with Gasteiger partial charge in [-0.2, -0.15) is 13.2 Å². The van der Waals surface area contributed by atoms with Crippen LogP contribution in [0.3, 0.4) is 0 Å². The molecule has 26 heavy (non-hydrogen) atoms. The van der Waals surface area contributed by atoms with Crippen LogP contribution in [0.4, 0.5) is 22.0 Å². The number of pyridine rings is 1. The number of aryl methyl sites for hydroxylation is 1. The zero-order valence-corrected chi connectivity index (χ0v) is 13.8. The van der Waals surface area contributed by atoms with Crippen LogP contribution in [0.2, 0.25) is 0 Å². The van der Waals surface area contributed by atoms with Crippen molar-refractivity contribution in [2.75, 3.05) is 0 Å². The van der Waals surface area contributed by atoms with E-state index >= 15 is 0 Å². The molecule has 0 aliphatic rings. The third-order valence-electron chi connectivity index (χ3n) is 3.92. The monoisotopic (exact) mass is 371 g/mol. The predicted octanol–water partition coefficient (Wildman–Crippen LogP) is 4.73. The molecule has 3 rings (SSSR count). The molecule has 1 atom stereocenters. The van der Waals surface area contributed by atoms with Crippen LogP contribution >= 0.6 is 0 Å². The summed E-state index contributed by atoms with van der Waals surface area (Å²) in [6, 6.07) is 3.83. The minimum absolute atomic E-state index is 0.219. The van der Waals surface area contributed by atoms with E-state index in [1.54, 1.807) is 6.92 Å². The number of rotatable bonds is 4. The molecule has 0 unspecified atom stereocenters. The van der Waals surface area contributed by atoms with Crippen LogP contribution in [0.25, 0.3) is 5.65 Å². The molecule has 0 saturated carbocycles. The first-order valence-electron chi connectivity index (χ1n) is 7.77. The van der Waals surface area contributed by atoms with Gasteiger partial charge >= 0.3 is 6.18 Å². The third-order valence-corrected chi connectivity index (χ3v) is 3.92. The topological polar surface area (TPSA) is 39.4 Å². The Kier molecular flexibility index (Phi) is 4.55. The van der Waals surface area contributed by atoms with E-state index in [0.29, 0.717) is 18.3 Å². The smallest absolute Gasteiger partial charge is 0.420 e. The van der Waals surface area contributed by atoms with Gasteiger partial charge in [0.2, 0.25) is 0 Å². The van der Waals surface area contributed by atoms with Gasteiger partial charge < -0.3 is 4.74 Å². The fourth-order valence-electron chi connectivity index (χ4n) is 2.71.